The second-order valence-corrected chi connectivity index (χ2v) is 8.45. The number of carbonyl (C=O) groups excluding carboxylic acids is 2. The summed E-state index contributed by atoms with van der Waals surface area (Å²) >= 11 is 1.25. The minimum Gasteiger partial charge on any atom is -0.352 e. The molecule has 2 aromatic carbocycles. The molecule has 2 amide bonds. The molecule has 0 aliphatic carbocycles. The number of thiazole rings is 1. The van der Waals surface area contributed by atoms with Crippen LogP contribution < -0.4 is 10.6 Å². The van der Waals surface area contributed by atoms with Crippen molar-refractivity contribution in [3.8, 4) is 10.6 Å². The summed E-state index contributed by atoms with van der Waals surface area (Å²) in [5, 5.41) is 7.78. The maximum Gasteiger partial charge on any atom is 0.416 e. The van der Waals surface area contributed by atoms with Gasteiger partial charge in [-0.05, 0) is 30.2 Å². The second kappa shape index (κ2) is 9.95. The number of benzene rings is 2. The zero-order chi connectivity index (χ0) is 23.3. The number of hydrogen-bond donors (Lipinski definition) is 2. The maximum absolute atomic E-state index is 12.7. The smallest absolute Gasteiger partial charge is 0.352 e. The van der Waals surface area contributed by atoms with Crippen LogP contribution in [0.1, 0.15) is 35.5 Å². The van der Waals surface area contributed by atoms with E-state index in [4.69, 9.17) is 0 Å². The number of rotatable bonds is 7. The first kappa shape index (κ1) is 23.5. The lowest BCUT2D eigenvalue weighted by Gasteiger charge is -2.12. The van der Waals surface area contributed by atoms with Crippen molar-refractivity contribution in [2.24, 2.45) is 5.92 Å². The van der Waals surface area contributed by atoms with Crippen LogP contribution in [-0.2, 0) is 17.4 Å². The second-order valence-electron chi connectivity index (χ2n) is 7.59. The zero-order valence-electron chi connectivity index (χ0n) is 17.5. The fourth-order valence-electron chi connectivity index (χ4n) is 2.86. The summed E-state index contributed by atoms with van der Waals surface area (Å²) in [6.45, 7) is 4.49. The summed E-state index contributed by atoms with van der Waals surface area (Å²) in [5.74, 6) is -0.324. The maximum atomic E-state index is 12.7. The summed E-state index contributed by atoms with van der Waals surface area (Å²) in [6.07, 6.45) is -4.42. The van der Waals surface area contributed by atoms with E-state index in [0.717, 1.165) is 12.1 Å². The Morgan fingerprint density at radius 3 is 2.41 bits per heavy atom. The molecular formula is C23H22F3N3O2S. The highest BCUT2D eigenvalue weighted by atomic mass is 32.1. The molecule has 0 bridgehead atoms. The lowest BCUT2D eigenvalue weighted by Crippen LogP contribution is -2.28. The third-order valence-electron chi connectivity index (χ3n) is 4.47. The highest BCUT2D eigenvalue weighted by molar-refractivity contribution is 7.13. The number of amides is 2. The topological polar surface area (TPSA) is 71.1 Å². The first-order chi connectivity index (χ1) is 15.1. The number of hydrogen-bond acceptors (Lipinski definition) is 4. The summed E-state index contributed by atoms with van der Waals surface area (Å²) < 4.78 is 38.2. The molecule has 0 fully saturated rings. The molecule has 3 rings (SSSR count). The molecule has 0 radical (unpaired) electrons. The van der Waals surface area contributed by atoms with Crippen LogP contribution in [0.15, 0.2) is 53.9 Å². The van der Waals surface area contributed by atoms with Gasteiger partial charge in [0.25, 0.3) is 5.91 Å². The monoisotopic (exact) mass is 461 g/mol. The SMILES string of the molecule is CC(C)CNC(=O)c1ccccc1NC(=O)Cc1csc(-c2ccc(C(F)(F)F)cc2)n1. The van der Waals surface area contributed by atoms with Crippen molar-refractivity contribution in [1.82, 2.24) is 10.3 Å². The highest BCUT2D eigenvalue weighted by Crippen LogP contribution is 2.31. The van der Waals surface area contributed by atoms with Crippen LogP contribution in [0.4, 0.5) is 18.9 Å². The average Bonchev–Trinajstić information content (AvgIpc) is 3.20. The number of carbonyl (C=O) groups is 2. The standard InChI is InChI=1S/C23H22F3N3O2S/c1-14(2)12-27-21(31)18-5-3-4-6-19(18)29-20(30)11-17-13-32-22(28-17)15-7-9-16(10-8-15)23(24,25)26/h3-10,13-14H,11-12H2,1-2H3,(H,27,31)(H,29,30). The molecule has 1 aromatic heterocycles. The minimum absolute atomic E-state index is 0.0287. The largest absolute Gasteiger partial charge is 0.416 e. The van der Waals surface area contributed by atoms with Gasteiger partial charge >= 0.3 is 6.18 Å². The van der Waals surface area contributed by atoms with Gasteiger partial charge in [0.1, 0.15) is 5.01 Å². The number of anilines is 1. The van der Waals surface area contributed by atoms with Crippen molar-refractivity contribution in [3.05, 3.63) is 70.7 Å². The van der Waals surface area contributed by atoms with Crippen molar-refractivity contribution in [1.29, 1.82) is 0 Å². The molecule has 168 valence electrons. The van der Waals surface area contributed by atoms with Crippen molar-refractivity contribution in [2.75, 3.05) is 11.9 Å². The Labute approximate surface area is 187 Å². The quantitative estimate of drug-likeness (QED) is 0.495. The lowest BCUT2D eigenvalue weighted by atomic mass is 10.1. The molecule has 0 unspecified atom stereocenters. The van der Waals surface area contributed by atoms with Crippen LogP contribution in [0.2, 0.25) is 0 Å². The van der Waals surface area contributed by atoms with E-state index in [0.29, 0.717) is 40.0 Å². The fraction of sp³-hybridized carbons (Fsp3) is 0.261. The number of halogens is 3. The summed E-state index contributed by atoms with van der Waals surface area (Å²) in [6, 6.07) is 11.5. The first-order valence-corrected chi connectivity index (χ1v) is 10.8. The van der Waals surface area contributed by atoms with Gasteiger partial charge in [0.2, 0.25) is 5.91 Å². The Balaban J connectivity index is 1.66. The molecule has 0 spiro atoms. The van der Waals surface area contributed by atoms with Gasteiger partial charge in [0.05, 0.1) is 28.9 Å². The van der Waals surface area contributed by atoms with Crippen LogP contribution in [0.5, 0.6) is 0 Å². The van der Waals surface area contributed by atoms with Crippen molar-refractivity contribution in [2.45, 2.75) is 26.4 Å². The van der Waals surface area contributed by atoms with Gasteiger partial charge in [0, 0.05) is 17.5 Å². The molecule has 1 heterocycles. The minimum atomic E-state index is -4.40. The van der Waals surface area contributed by atoms with Crippen LogP contribution in [0.3, 0.4) is 0 Å². The average molecular weight is 462 g/mol. The van der Waals surface area contributed by atoms with E-state index in [1.807, 2.05) is 13.8 Å². The third kappa shape index (κ3) is 6.16. The normalized spacial score (nSPS) is 11.4. The van der Waals surface area contributed by atoms with Gasteiger partial charge in [-0.3, -0.25) is 9.59 Å². The van der Waals surface area contributed by atoms with Crippen LogP contribution in [0, 0.1) is 5.92 Å². The van der Waals surface area contributed by atoms with Crippen molar-refractivity contribution >= 4 is 28.8 Å². The van der Waals surface area contributed by atoms with Crippen LogP contribution in [-0.4, -0.2) is 23.3 Å². The molecule has 32 heavy (non-hydrogen) atoms. The first-order valence-electron chi connectivity index (χ1n) is 9.92. The molecule has 0 aliphatic rings. The molecule has 3 aromatic rings. The van der Waals surface area contributed by atoms with Gasteiger partial charge in [-0.1, -0.05) is 38.1 Å². The summed E-state index contributed by atoms with van der Waals surface area (Å²) in [5.41, 5.74) is 1.07. The molecule has 5 nitrogen and oxygen atoms in total. The lowest BCUT2D eigenvalue weighted by molar-refractivity contribution is -0.137. The number of alkyl halides is 3. The van der Waals surface area contributed by atoms with E-state index in [-0.39, 0.29) is 18.2 Å². The van der Waals surface area contributed by atoms with E-state index < -0.39 is 11.7 Å². The number of aromatic nitrogens is 1. The molecular weight excluding hydrogens is 439 g/mol. The van der Waals surface area contributed by atoms with Gasteiger partial charge < -0.3 is 10.6 Å². The summed E-state index contributed by atoms with van der Waals surface area (Å²) in [7, 11) is 0. The van der Waals surface area contributed by atoms with E-state index in [1.165, 1.54) is 23.5 Å². The molecule has 9 heteroatoms. The Morgan fingerprint density at radius 1 is 1.06 bits per heavy atom. The molecule has 0 saturated carbocycles. The molecule has 0 aliphatic heterocycles. The number of para-hydroxylation sites is 1. The molecule has 0 atom stereocenters. The fourth-order valence-corrected chi connectivity index (χ4v) is 3.69. The number of nitrogens with one attached hydrogen (secondary N) is 2. The Hall–Kier alpha value is -3.20. The molecule has 2 N–H and O–H groups in total. The van der Waals surface area contributed by atoms with E-state index in [2.05, 4.69) is 15.6 Å². The Kier molecular flexibility index (Phi) is 7.29. The van der Waals surface area contributed by atoms with Crippen LogP contribution in [0.25, 0.3) is 10.6 Å². The third-order valence-corrected chi connectivity index (χ3v) is 5.41. The Morgan fingerprint density at radius 2 is 1.75 bits per heavy atom. The zero-order valence-corrected chi connectivity index (χ0v) is 18.3. The van der Waals surface area contributed by atoms with Gasteiger partial charge in [0.15, 0.2) is 0 Å². The van der Waals surface area contributed by atoms with Gasteiger partial charge in [-0.15, -0.1) is 11.3 Å². The summed E-state index contributed by atoms with van der Waals surface area (Å²) in [4.78, 5) is 29.3. The predicted molar refractivity (Wildman–Crippen MR) is 118 cm³/mol. The van der Waals surface area contributed by atoms with E-state index >= 15 is 0 Å². The van der Waals surface area contributed by atoms with Gasteiger partial charge in [-0.25, -0.2) is 4.98 Å². The van der Waals surface area contributed by atoms with Crippen molar-refractivity contribution < 1.29 is 22.8 Å². The van der Waals surface area contributed by atoms with Gasteiger partial charge in [-0.2, -0.15) is 13.2 Å². The Bertz CT molecular complexity index is 1090. The molecule has 0 saturated heterocycles. The van der Waals surface area contributed by atoms with Crippen molar-refractivity contribution in [3.63, 3.8) is 0 Å². The highest BCUT2D eigenvalue weighted by Gasteiger charge is 2.30. The number of nitrogens with zero attached hydrogens (tertiary/aromatic N) is 1. The van der Waals surface area contributed by atoms with Crippen LogP contribution >= 0.6 is 11.3 Å². The predicted octanol–water partition coefficient (Wildman–Crippen LogP) is 5.40. The van der Waals surface area contributed by atoms with E-state index in [9.17, 15) is 22.8 Å². The van der Waals surface area contributed by atoms with E-state index in [1.54, 1.807) is 29.6 Å².